The Morgan fingerprint density at radius 3 is 2.56 bits per heavy atom. The molecule has 0 aliphatic carbocycles. The maximum atomic E-state index is 6.10. The van der Waals surface area contributed by atoms with Crippen molar-refractivity contribution < 1.29 is 9.47 Å². The third-order valence-electron chi connectivity index (χ3n) is 1.96. The van der Waals surface area contributed by atoms with Crippen LogP contribution in [0, 0.1) is 0 Å². The first-order valence-electron chi connectivity index (χ1n) is 4.86. The molecule has 0 heterocycles. The van der Waals surface area contributed by atoms with Crippen molar-refractivity contribution in [1.29, 1.82) is 0 Å². The molecule has 1 rings (SSSR count). The largest absolute Gasteiger partial charge is 0.493 e. The van der Waals surface area contributed by atoms with Gasteiger partial charge in [0.25, 0.3) is 0 Å². The summed E-state index contributed by atoms with van der Waals surface area (Å²) >= 11 is 6.10. The second-order valence-electron chi connectivity index (χ2n) is 3.07. The van der Waals surface area contributed by atoms with Crippen molar-refractivity contribution in [1.82, 2.24) is 5.32 Å². The smallest absolute Gasteiger partial charge is 0.179 e. The van der Waals surface area contributed by atoms with Gasteiger partial charge in [-0.1, -0.05) is 11.6 Å². The summed E-state index contributed by atoms with van der Waals surface area (Å²) in [5, 5.41) is 3.64. The molecule has 0 saturated carbocycles. The number of ether oxygens (including phenoxy) is 2. The molecule has 92 valence electrons. The van der Waals surface area contributed by atoms with Crippen molar-refractivity contribution in [2.24, 2.45) is 0 Å². The van der Waals surface area contributed by atoms with E-state index in [1.807, 2.05) is 26.1 Å². The molecule has 0 amide bonds. The summed E-state index contributed by atoms with van der Waals surface area (Å²) in [5.41, 5.74) is 1.07. The Morgan fingerprint density at radius 2 is 2.06 bits per heavy atom. The highest BCUT2D eigenvalue weighted by molar-refractivity contribution is 6.32. The Labute approximate surface area is 107 Å². The normalized spacial score (nSPS) is 9.50. The maximum Gasteiger partial charge on any atom is 0.179 e. The van der Waals surface area contributed by atoms with E-state index >= 15 is 0 Å². The molecular weight excluding hydrogens is 249 g/mol. The van der Waals surface area contributed by atoms with Gasteiger partial charge in [-0.05, 0) is 31.7 Å². The zero-order valence-corrected chi connectivity index (χ0v) is 11.2. The van der Waals surface area contributed by atoms with Gasteiger partial charge in [-0.2, -0.15) is 0 Å². The number of methoxy groups -OCH3 is 1. The lowest BCUT2D eigenvalue weighted by molar-refractivity contribution is 0.311. The highest BCUT2D eigenvalue weighted by Gasteiger charge is 2.10. The molecule has 0 atom stereocenters. The third kappa shape index (κ3) is 3.74. The van der Waals surface area contributed by atoms with Crippen molar-refractivity contribution in [3.63, 3.8) is 0 Å². The minimum absolute atomic E-state index is 0. The lowest BCUT2D eigenvalue weighted by Crippen LogP contribution is -2.06. The van der Waals surface area contributed by atoms with Gasteiger partial charge in [-0.3, -0.25) is 0 Å². The van der Waals surface area contributed by atoms with Crippen LogP contribution in [0.25, 0.3) is 0 Å². The lowest BCUT2D eigenvalue weighted by atomic mass is 10.2. The summed E-state index contributed by atoms with van der Waals surface area (Å²) in [4.78, 5) is 0. The molecule has 1 N–H and O–H groups in total. The van der Waals surface area contributed by atoms with Crippen molar-refractivity contribution in [2.45, 2.75) is 13.5 Å². The van der Waals surface area contributed by atoms with Crippen LogP contribution < -0.4 is 14.8 Å². The fraction of sp³-hybridized carbons (Fsp3) is 0.455. The number of nitrogens with one attached hydrogen (secondary N) is 1. The molecule has 0 radical (unpaired) electrons. The Hall–Kier alpha value is -0.640. The quantitative estimate of drug-likeness (QED) is 0.888. The zero-order valence-electron chi connectivity index (χ0n) is 9.67. The highest BCUT2D eigenvalue weighted by Crippen LogP contribution is 2.36. The van der Waals surface area contributed by atoms with Crippen molar-refractivity contribution in [3.8, 4) is 11.5 Å². The molecule has 0 spiro atoms. The number of benzene rings is 1. The Balaban J connectivity index is 0.00000225. The van der Waals surface area contributed by atoms with E-state index in [2.05, 4.69) is 5.32 Å². The van der Waals surface area contributed by atoms with Crippen LogP contribution in [0.2, 0.25) is 5.02 Å². The average Bonchev–Trinajstić information content (AvgIpc) is 2.22. The molecule has 3 nitrogen and oxygen atoms in total. The van der Waals surface area contributed by atoms with Gasteiger partial charge in [-0.15, -0.1) is 12.4 Å². The molecule has 0 bridgehead atoms. The second kappa shape index (κ2) is 7.60. The Kier molecular flexibility index (Phi) is 7.30. The predicted molar refractivity (Wildman–Crippen MR) is 69.2 cm³/mol. The fourth-order valence-corrected chi connectivity index (χ4v) is 1.65. The van der Waals surface area contributed by atoms with Crippen LogP contribution in [-0.2, 0) is 6.54 Å². The minimum atomic E-state index is 0. The lowest BCUT2D eigenvalue weighted by Gasteiger charge is -2.12. The summed E-state index contributed by atoms with van der Waals surface area (Å²) < 4.78 is 10.6. The number of halogens is 2. The van der Waals surface area contributed by atoms with Gasteiger partial charge in [-0.25, -0.2) is 0 Å². The van der Waals surface area contributed by atoms with E-state index in [1.54, 1.807) is 7.11 Å². The van der Waals surface area contributed by atoms with E-state index in [1.165, 1.54) is 0 Å². The molecule has 0 aliphatic rings. The molecule has 16 heavy (non-hydrogen) atoms. The molecule has 0 unspecified atom stereocenters. The minimum Gasteiger partial charge on any atom is -0.493 e. The van der Waals surface area contributed by atoms with Gasteiger partial charge in [0.1, 0.15) is 0 Å². The summed E-state index contributed by atoms with van der Waals surface area (Å²) in [6.07, 6.45) is 0. The highest BCUT2D eigenvalue weighted by atomic mass is 35.5. The first-order chi connectivity index (χ1) is 7.22. The summed E-state index contributed by atoms with van der Waals surface area (Å²) in [5.74, 6) is 1.29. The molecule has 1 aromatic carbocycles. The predicted octanol–water partition coefficient (Wildman–Crippen LogP) is 2.89. The van der Waals surface area contributed by atoms with E-state index in [-0.39, 0.29) is 12.4 Å². The van der Waals surface area contributed by atoms with E-state index in [0.29, 0.717) is 23.1 Å². The van der Waals surface area contributed by atoms with E-state index in [9.17, 15) is 0 Å². The van der Waals surface area contributed by atoms with Crippen LogP contribution >= 0.6 is 24.0 Å². The van der Waals surface area contributed by atoms with E-state index < -0.39 is 0 Å². The van der Waals surface area contributed by atoms with Crippen LogP contribution in [0.15, 0.2) is 12.1 Å². The van der Waals surface area contributed by atoms with Crippen LogP contribution in [0.5, 0.6) is 11.5 Å². The van der Waals surface area contributed by atoms with Gasteiger partial charge in [0.05, 0.1) is 18.7 Å². The van der Waals surface area contributed by atoms with Gasteiger partial charge in [0, 0.05) is 6.54 Å². The van der Waals surface area contributed by atoms with E-state index in [0.717, 1.165) is 12.1 Å². The topological polar surface area (TPSA) is 30.5 Å². The number of rotatable bonds is 5. The number of hydrogen-bond acceptors (Lipinski definition) is 3. The molecule has 0 fully saturated rings. The first-order valence-corrected chi connectivity index (χ1v) is 5.24. The molecule has 1 aromatic rings. The van der Waals surface area contributed by atoms with Crippen LogP contribution in [0.1, 0.15) is 12.5 Å². The van der Waals surface area contributed by atoms with Crippen LogP contribution in [0.4, 0.5) is 0 Å². The van der Waals surface area contributed by atoms with Gasteiger partial charge < -0.3 is 14.8 Å². The van der Waals surface area contributed by atoms with Crippen LogP contribution in [0.3, 0.4) is 0 Å². The fourth-order valence-electron chi connectivity index (χ4n) is 1.36. The molecule has 0 aromatic heterocycles. The van der Waals surface area contributed by atoms with E-state index in [4.69, 9.17) is 21.1 Å². The van der Waals surface area contributed by atoms with Gasteiger partial charge in [0.2, 0.25) is 0 Å². The molecule has 0 saturated heterocycles. The maximum absolute atomic E-state index is 6.10. The van der Waals surface area contributed by atoms with Crippen LogP contribution in [-0.4, -0.2) is 20.8 Å². The molecule has 5 heteroatoms. The van der Waals surface area contributed by atoms with Gasteiger partial charge >= 0.3 is 0 Å². The summed E-state index contributed by atoms with van der Waals surface area (Å²) in [6.45, 7) is 3.24. The molecular formula is C11H17Cl2NO2. The molecule has 0 aliphatic heterocycles. The monoisotopic (exact) mass is 265 g/mol. The average molecular weight is 266 g/mol. The standard InChI is InChI=1S/C11H16ClNO2.ClH/c1-4-15-11-9(12)5-8(7-13-2)6-10(11)14-3;/h5-6,13H,4,7H2,1-3H3;1H. The van der Waals surface area contributed by atoms with Crippen molar-refractivity contribution in [2.75, 3.05) is 20.8 Å². The first kappa shape index (κ1) is 15.4. The number of hydrogen-bond donors (Lipinski definition) is 1. The van der Waals surface area contributed by atoms with Crippen molar-refractivity contribution in [3.05, 3.63) is 22.7 Å². The second-order valence-corrected chi connectivity index (χ2v) is 3.48. The zero-order chi connectivity index (χ0) is 11.3. The summed E-state index contributed by atoms with van der Waals surface area (Å²) in [7, 11) is 3.49. The third-order valence-corrected chi connectivity index (χ3v) is 2.24. The van der Waals surface area contributed by atoms with Crippen molar-refractivity contribution >= 4 is 24.0 Å². The Morgan fingerprint density at radius 1 is 1.38 bits per heavy atom. The Bertz CT molecular complexity index is 332. The SMILES string of the molecule is CCOc1c(Cl)cc(CNC)cc1OC.Cl. The van der Waals surface area contributed by atoms with Gasteiger partial charge in [0.15, 0.2) is 11.5 Å². The summed E-state index contributed by atoms with van der Waals surface area (Å²) in [6, 6.07) is 3.80.